The Morgan fingerprint density at radius 1 is 1.27 bits per heavy atom. The summed E-state index contributed by atoms with van der Waals surface area (Å²) in [6.07, 6.45) is 3.85. The summed E-state index contributed by atoms with van der Waals surface area (Å²) >= 11 is 0. The third-order valence-corrected chi connectivity index (χ3v) is 4.80. The summed E-state index contributed by atoms with van der Waals surface area (Å²) in [7, 11) is 5.22. The zero-order chi connectivity index (χ0) is 18.4. The van der Waals surface area contributed by atoms with Crippen molar-refractivity contribution < 1.29 is 14.4 Å². The van der Waals surface area contributed by atoms with Crippen LogP contribution in [0.4, 0.5) is 4.79 Å². The normalized spacial score (nSPS) is 19.0. The molecule has 10 heteroatoms. The molecule has 2 rings (SSSR count). The maximum absolute atomic E-state index is 12.6. The molecule has 1 aliphatic carbocycles. The van der Waals surface area contributed by atoms with E-state index in [1.54, 1.807) is 26.0 Å². The maximum atomic E-state index is 12.6. The lowest BCUT2D eigenvalue weighted by Gasteiger charge is -2.31. The molecule has 0 unspecified atom stereocenters. The van der Waals surface area contributed by atoms with E-state index < -0.39 is 0 Å². The van der Waals surface area contributed by atoms with E-state index >= 15 is 0 Å². The molecule has 1 aliphatic heterocycles. The van der Waals surface area contributed by atoms with Gasteiger partial charge in [-0.3, -0.25) is 19.5 Å². The van der Waals surface area contributed by atoms with Crippen LogP contribution >= 0.6 is 24.0 Å². The van der Waals surface area contributed by atoms with Crippen LogP contribution in [0.15, 0.2) is 4.99 Å². The SMILES string of the molecule is CN=C(NCCN1C(=O)CNC1=O)NCC1(C(=O)N(C)C)CCCC1.I. The fourth-order valence-corrected chi connectivity index (χ4v) is 3.43. The van der Waals surface area contributed by atoms with Gasteiger partial charge in [0.1, 0.15) is 0 Å². The van der Waals surface area contributed by atoms with E-state index in [4.69, 9.17) is 0 Å². The number of guanidine groups is 1. The molecule has 1 saturated carbocycles. The van der Waals surface area contributed by atoms with Gasteiger partial charge in [-0.05, 0) is 12.8 Å². The number of nitrogens with one attached hydrogen (secondary N) is 3. The first-order valence-electron chi connectivity index (χ1n) is 8.64. The number of amides is 4. The van der Waals surface area contributed by atoms with Crippen molar-refractivity contribution in [1.29, 1.82) is 0 Å². The first-order valence-corrected chi connectivity index (χ1v) is 8.64. The number of urea groups is 1. The predicted octanol–water partition coefficient (Wildman–Crippen LogP) is -0.0302. The van der Waals surface area contributed by atoms with Gasteiger partial charge in [0.15, 0.2) is 5.96 Å². The molecule has 0 aromatic rings. The molecule has 148 valence electrons. The van der Waals surface area contributed by atoms with Crippen LogP contribution in [0.1, 0.15) is 25.7 Å². The summed E-state index contributed by atoms with van der Waals surface area (Å²) in [5.74, 6) is 0.480. The second kappa shape index (κ2) is 9.93. The molecule has 0 radical (unpaired) electrons. The third-order valence-electron chi connectivity index (χ3n) is 4.80. The van der Waals surface area contributed by atoms with Crippen molar-refractivity contribution in [3.63, 3.8) is 0 Å². The summed E-state index contributed by atoms with van der Waals surface area (Å²) in [5, 5.41) is 8.79. The van der Waals surface area contributed by atoms with Crippen molar-refractivity contribution in [2.75, 3.05) is 47.3 Å². The molecule has 0 aromatic carbocycles. The zero-order valence-electron chi connectivity index (χ0n) is 15.6. The minimum Gasteiger partial charge on any atom is -0.355 e. The molecule has 2 fully saturated rings. The molecule has 26 heavy (non-hydrogen) atoms. The fourth-order valence-electron chi connectivity index (χ4n) is 3.43. The van der Waals surface area contributed by atoms with E-state index in [0.29, 0.717) is 19.0 Å². The average Bonchev–Trinajstić information content (AvgIpc) is 3.19. The Hall–Kier alpha value is -1.59. The molecule has 0 atom stereocenters. The summed E-state index contributed by atoms with van der Waals surface area (Å²) in [6.45, 7) is 1.24. The molecule has 0 spiro atoms. The van der Waals surface area contributed by atoms with Gasteiger partial charge >= 0.3 is 6.03 Å². The second-order valence-electron chi connectivity index (χ2n) is 6.74. The number of carbonyl (C=O) groups excluding carboxylic acids is 3. The van der Waals surface area contributed by atoms with Crippen LogP contribution in [0.3, 0.4) is 0 Å². The van der Waals surface area contributed by atoms with Crippen molar-refractivity contribution in [3.05, 3.63) is 0 Å². The standard InChI is InChI=1S/C16H28N6O3.HI/c1-17-14(18-8-9-22-12(23)10-19-15(22)25)20-11-16(6-4-5-7-16)13(24)21(2)3;/h4-11H2,1-3H3,(H,19,25)(H2,17,18,20);1H. The van der Waals surface area contributed by atoms with E-state index in [2.05, 4.69) is 20.9 Å². The van der Waals surface area contributed by atoms with Gasteiger partial charge in [0, 0.05) is 40.8 Å². The predicted molar refractivity (Wildman–Crippen MR) is 109 cm³/mol. The summed E-state index contributed by atoms with van der Waals surface area (Å²) in [5.41, 5.74) is -0.383. The highest BCUT2D eigenvalue weighted by Gasteiger charge is 2.42. The first-order chi connectivity index (χ1) is 11.9. The van der Waals surface area contributed by atoms with Crippen LogP contribution in [0.5, 0.6) is 0 Å². The number of nitrogens with zero attached hydrogens (tertiary/aromatic N) is 3. The van der Waals surface area contributed by atoms with Gasteiger partial charge in [-0.1, -0.05) is 12.8 Å². The lowest BCUT2D eigenvalue weighted by Crippen LogP contribution is -2.50. The monoisotopic (exact) mass is 480 g/mol. The first kappa shape index (κ1) is 22.5. The van der Waals surface area contributed by atoms with Crippen LogP contribution in [-0.2, 0) is 9.59 Å². The molecule has 4 amide bonds. The minimum absolute atomic E-state index is 0. The molecule has 2 aliphatic rings. The van der Waals surface area contributed by atoms with E-state index in [1.807, 2.05) is 0 Å². The largest absolute Gasteiger partial charge is 0.355 e. The molecule has 1 saturated heterocycles. The number of aliphatic imine (C=N–C) groups is 1. The Balaban J connectivity index is 0.00000338. The summed E-state index contributed by atoms with van der Waals surface area (Å²) < 4.78 is 0. The van der Waals surface area contributed by atoms with E-state index in [1.165, 1.54) is 4.90 Å². The number of halogens is 1. The molecule has 0 bridgehead atoms. The van der Waals surface area contributed by atoms with Gasteiger partial charge in [-0.15, -0.1) is 24.0 Å². The summed E-state index contributed by atoms with van der Waals surface area (Å²) in [4.78, 5) is 42.6. The van der Waals surface area contributed by atoms with Gasteiger partial charge in [0.25, 0.3) is 0 Å². The topological polar surface area (TPSA) is 106 Å². The number of rotatable bonds is 6. The van der Waals surface area contributed by atoms with Gasteiger partial charge in [0.05, 0.1) is 12.0 Å². The van der Waals surface area contributed by atoms with E-state index in [9.17, 15) is 14.4 Å². The Morgan fingerprint density at radius 2 is 1.92 bits per heavy atom. The quantitative estimate of drug-likeness (QED) is 0.214. The highest BCUT2D eigenvalue weighted by atomic mass is 127. The molecule has 0 aromatic heterocycles. The van der Waals surface area contributed by atoms with Crippen LogP contribution in [-0.4, -0.2) is 80.9 Å². The fraction of sp³-hybridized carbons (Fsp3) is 0.750. The molecule has 9 nitrogen and oxygen atoms in total. The maximum Gasteiger partial charge on any atom is 0.324 e. The molecular weight excluding hydrogens is 451 g/mol. The Labute approximate surface area is 171 Å². The third kappa shape index (κ3) is 5.21. The van der Waals surface area contributed by atoms with Crippen LogP contribution in [0.25, 0.3) is 0 Å². The number of imide groups is 1. The molecular formula is C16H29IN6O3. The Kier molecular flexibility index (Phi) is 8.57. The van der Waals surface area contributed by atoms with Crippen molar-refractivity contribution in [3.8, 4) is 0 Å². The van der Waals surface area contributed by atoms with E-state index in [-0.39, 0.29) is 60.3 Å². The number of hydrogen-bond donors (Lipinski definition) is 3. The lowest BCUT2D eigenvalue weighted by molar-refractivity contribution is -0.138. The Bertz CT molecular complexity index is 544. The average molecular weight is 480 g/mol. The van der Waals surface area contributed by atoms with Gasteiger partial charge in [0.2, 0.25) is 11.8 Å². The molecule has 1 heterocycles. The molecule has 3 N–H and O–H groups in total. The van der Waals surface area contributed by atoms with E-state index in [0.717, 1.165) is 25.7 Å². The van der Waals surface area contributed by atoms with Crippen molar-refractivity contribution >= 4 is 47.8 Å². The summed E-state index contributed by atoms with van der Waals surface area (Å²) in [6, 6.07) is -0.365. The highest BCUT2D eigenvalue weighted by Crippen LogP contribution is 2.38. The van der Waals surface area contributed by atoms with Crippen molar-refractivity contribution in [1.82, 2.24) is 25.8 Å². The van der Waals surface area contributed by atoms with Gasteiger partial charge < -0.3 is 20.9 Å². The second-order valence-corrected chi connectivity index (χ2v) is 6.74. The Morgan fingerprint density at radius 3 is 2.42 bits per heavy atom. The van der Waals surface area contributed by atoms with Crippen LogP contribution < -0.4 is 16.0 Å². The minimum atomic E-state index is -0.383. The van der Waals surface area contributed by atoms with Crippen molar-refractivity contribution in [2.45, 2.75) is 25.7 Å². The number of carbonyl (C=O) groups is 3. The van der Waals surface area contributed by atoms with Gasteiger partial charge in [-0.25, -0.2) is 4.79 Å². The zero-order valence-corrected chi connectivity index (χ0v) is 18.0. The van der Waals surface area contributed by atoms with Crippen molar-refractivity contribution in [2.24, 2.45) is 10.4 Å². The number of hydrogen-bond acceptors (Lipinski definition) is 4. The van der Waals surface area contributed by atoms with Crippen LogP contribution in [0, 0.1) is 5.41 Å². The van der Waals surface area contributed by atoms with Crippen LogP contribution in [0.2, 0.25) is 0 Å². The highest BCUT2D eigenvalue weighted by molar-refractivity contribution is 14.0. The smallest absolute Gasteiger partial charge is 0.324 e. The van der Waals surface area contributed by atoms with Gasteiger partial charge in [-0.2, -0.15) is 0 Å². The lowest BCUT2D eigenvalue weighted by atomic mass is 9.84.